The third kappa shape index (κ3) is 3.07. The first-order valence-electron chi connectivity index (χ1n) is 7.26. The molecule has 126 valence electrons. The van der Waals surface area contributed by atoms with E-state index in [1.165, 1.54) is 19.2 Å². The van der Waals surface area contributed by atoms with Gasteiger partial charge in [-0.05, 0) is 24.3 Å². The van der Waals surface area contributed by atoms with Crippen molar-refractivity contribution in [1.29, 1.82) is 0 Å². The summed E-state index contributed by atoms with van der Waals surface area (Å²) in [6.07, 6.45) is 0. The number of para-hydroxylation sites is 1. The maximum Gasteiger partial charge on any atom is 0.352 e. The van der Waals surface area contributed by atoms with Gasteiger partial charge < -0.3 is 19.6 Å². The van der Waals surface area contributed by atoms with Crippen LogP contribution in [0.25, 0.3) is 10.9 Å². The Morgan fingerprint density at radius 1 is 1.00 bits per heavy atom. The number of nitrogens with one attached hydrogen (secondary N) is 1. The summed E-state index contributed by atoms with van der Waals surface area (Å²) in [5.74, 6) is -1.11. The predicted molar refractivity (Wildman–Crippen MR) is 90.9 cm³/mol. The molecule has 0 radical (unpaired) electrons. The minimum Gasteiger partial charge on any atom is -0.490 e. The molecule has 0 spiro atoms. The van der Waals surface area contributed by atoms with Crippen molar-refractivity contribution in [2.75, 3.05) is 7.11 Å². The molecule has 0 aliphatic carbocycles. The van der Waals surface area contributed by atoms with Gasteiger partial charge >= 0.3 is 5.97 Å². The largest absolute Gasteiger partial charge is 0.490 e. The van der Waals surface area contributed by atoms with Crippen molar-refractivity contribution >= 4 is 16.9 Å². The van der Waals surface area contributed by atoms with Gasteiger partial charge in [0.25, 0.3) is 0 Å². The lowest BCUT2D eigenvalue weighted by Gasteiger charge is -2.09. The Bertz CT molecular complexity index is 1070. The van der Waals surface area contributed by atoms with E-state index in [2.05, 4.69) is 4.98 Å². The molecule has 1 heterocycles. The number of methoxy groups -OCH3 is 1. The molecule has 3 aromatic rings. The van der Waals surface area contributed by atoms with Crippen molar-refractivity contribution in [2.45, 2.75) is 0 Å². The van der Waals surface area contributed by atoms with Gasteiger partial charge in [0.2, 0.25) is 11.2 Å². The van der Waals surface area contributed by atoms with Gasteiger partial charge in [-0.15, -0.1) is 0 Å². The molecule has 25 heavy (non-hydrogen) atoms. The van der Waals surface area contributed by atoms with E-state index in [1.54, 1.807) is 30.3 Å². The summed E-state index contributed by atoms with van der Waals surface area (Å²) in [5.41, 5.74) is -1.25. The molecule has 2 N–H and O–H groups in total. The number of fused-ring (bicyclic) bond motifs is 1. The van der Waals surface area contributed by atoms with E-state index in [9.17, 15) is 14.4 Å². The zero-order chi connectivity index (χ0) is 18.0. The molecule has 0 fully saturated rings. The van der Waals surface area contributed by atoms with Crippen LogP contribution in [-0.4, -0.2) is 23.2 Å². The smallest absolute Gasteiger partial charge is 0.352 e. The van der Waals surface area contributed by atoms with E-state index >= 15 is 0 Å². The molecule has 0 bridgehead atoms. The molecular weight excluding hydrogens is 326 g/mol. The highest BCUT2D eigenvalue weighted by Crippen LogP contribution is 2.33. The summed E-state index contributed by atoms with van der Waals surface area (Å²) < 4.78 is 10.9. The fourth-order valence-corrected chi connectivity index (χ4v) is 2.41. The van der Waals surface area contributed by atoms with Crippen LogP contribution in [0.1, 0.15) is 10.5 Å². The van der Waals surface area contributed by atoms with Crippen LogP contribution in [0.15, 0.2) is 58.1 Å². The Morgan fingerprint density at radius 2 is 1.72 bits per heavy atom. The summed E-state index contributed by atoms with van der Waals surface area (Å²) >= 11 is 0. The lowest BCUT2D eigenvalue weighted by atomic mass is 10.2. The molecule has 0 unspecified atom stereocenters. The number of rotatable bonds is 4. The van der Waals surface area contributed by atoms with Crippen LogP contribution in [0.2, 0.25) is 0 Å². The van der Waals surface area contributed by atoms with Crippen molar-refractivity contribution < 1.29 is 19.4 Å². The first-order valence-corrected chi connectivity index (χ1v) is 7.26. The lowest BCUT2D eigenvalue weighted by Crippen LogP contribution is -2.10. The Kier molecular flexibility index (Phi) is 4.21. The van der Waals surface area contributed by atoms with Gasteiger partial charge in [0.05, 0.1) is 18.0 Å². The van der Waals surface area contributed by atoms with Gasteiger partial charge in [-0.1, -0.05) is 18.2 Å². The van der Waals surface area contributed by atoms with Crippen molar-refractivity contribution in [3.63, 3.8) is 0 Å². The minimum absolute atomic E-state index is 0.0211. The monoisotopic (exact) mass is 339 g/mol. The highest BCUT2D eigenvalue weighted by molar-refractivity contribution is 5.92. The number of hydrogen-bond acceptors (Lipinski definition) is 5. The van der Waals surface area contributed by atoms with Crippen LogP contribution < -0.4 is 20.3 Å². The van der Waals surface area contributed by atoms with E-state index < -0.39 is 16.8 Å². The lowest BCUT2D eigenvalue weighted by molar-refractivity contribution is 0.0691. The fourth-order valence-electron chi connectivity index (χ4n) is 2.41. The average Bonchev–Trinajstić information content (AvgIpc) is 2.72. The van der Waals surface area contributed by atoms with Crippen molar-refractivity contribution in [1.82, 2.24) is 4.98 Å². The van der Waals surface area contributed by atoms with Gasteiger partial charge in [0, 0.05) is 6.07 Å². The molecular formula is C18H13NO6. The van der Waals surface area contributed by atoms with Crippen molar-refractivity contribution in [3.8, 4) is 17.2 Å². The van der Waals surface area contributed by atoms with E-state index in [4.69, 9.17) is 14.6 Å². The third-order valence-corrected chi connectivity index (χ3v) is 3.52. The first-order chi connectivity index (χ1) is 12.0. The molecule has 0 atom stereocenters. The summed E-state index contributed by atoms with van der Waals surface area (Å²) in [4.78, 5) is 38.5. The quantitative estimate of drug-likeness (QED) is 0.756. The number of aromatic carboxylic acids is 1. The SMILES string of the molecule is COc1c(Oc2ccccc2)c2c(=O)cc(C(=O)O)[nH]c2ccc1=O. The second-order valence-electron chi connectivity index (χ2n) is 5.12. The van der Waals surface area contributed by atoms with Crippen LogP contribution in [0.4, 0.5) is 0 Å². The summed E-state index contributed by atoms with van der Waals surface area (Å²) in [7, 11) is 1.29. The number of carbonyl (C=O) groups is 1. The number of carboxylic acids is 1. The summed E-state index contributed by atoms with van der Waals surface area (Å²) in [6, 6.07) is 12.0. The highest BCUT2D eigenvalue weighted by Gasteiger charge is 2.18. The van der Waals surface area contributed by atoms with Gasteiger partial charge in [-0.25, -0.2) is 4.79 Å². The Labute approximate surface area is 141 Å². The zero-order valence-corrected chi connectivity index (χ0v) is 13.1. The highest BCUT2D eigenvalue weighted by atomic mass is 16.5. The van der Waals surface area contributed by atoms with Gasteiger partial charge in [0.1, 0.15) is 11.4 Å². The number of hydrogen-bond donors (Lipinski definition) is 2. The minimum atomic E-state index is -1.29. The normalized spacial score (nSPS) is 10.4. The molecule has 1 aromatic heterocycles. The Morgan fingerprint density at radius 3 is 2.36 bits per heavy atom. The van der Waals surface area contributed by atoms with Crippen LogP contribution in [0.3, 0.4) is 0 Å². The number of pyridine rings is 1. The number of aromatic amines is 1. The predicted octanol–water partition coefficient (Wildman–Crippen LogP) is 2.39. The molecule has 3 rings (SSSR count). The maximum absolute atomic E-state index is 12.5. The van der Waals surface area contributed by atoms with Gasteiger partial charge in [-0.2, -0.15) is 0 Å². The first kappa shape index (κ1) is 16.3. The zero-order valence-electron chi connectivity index (χ0n) is 13.1. The molecule has 7 nitrogen and oxygen atoms in total. The van der Waals surface area contributed by atoms with E-state index in [0.717, 1.165) is 6.07 Å². The second-order valence-corrected chi connectivity index (χ2v) is 5.12. The maximum atomic E-state index is 12.5. The van der Waals surface area contributed by atoms with Crippen LogP contribution in [0.5, 0.6) is 17.2 Å². The molecule has 0 amide bonds. The van der Waals surface area contributed by atoms with E-state index in [1.807, 2.05) is 0 Å². The fraction of sp³-hybridized carbons (Fsp3) is 0.0556. The number of carboxylic acid groups (broad SMARTS) is 1. The summed E-state index contributed by atoms with van der Waals surface area (Å²) in [6.45, 7) is 0. The Balaban J connectivity index is 2.41. The summed E-state index contributed by atoms with van der Waals surface area (Å²) in [5, 5.41) is 9.12. The van der Waals surface area contributed by atoms with Gasteiger partial charge in [-0.3, -0.25) is 9.59 Å². The molecule has 0 saturated carbocycles. The van der Waals surface area contributed by atoms with Crippen LogP contribution >= 0.6 is 0 Å². The van der Waals surface area contributed by atoms with Crippen molar-refractivity contribution in [3.05, 3.63) is 74.7 Å². The Hall–Kier alpha value is -3.61. The topological polar surface area (TPSA) is 106 Å². The standard InChI is InChI=1S/C18H13NO6/c1-24-16-13(20)8-7-11-15(14(21)9-12(19-11)18(22)23)17(16)25-10-5-3-2-4-6-10/h2-9H,1H3,(H,19,21)(H,22,23). The second kappa shape index (κ2) is 6.48. The molecule has 0 aliphatic heterocycles. The molecule has 0 saturated heterocycles. The van der Waals surface area contributed by atoms with E-state index in [0.29, 0.717) is 5.75 Å². The number of ether oxygens (including phenoxy) is 2. The van der Waals surface area contributed by atoms with Crippen LogP contribution in [0, 0.1) is 0 Å². The third-order valence-electron chi connectivity index (χ3n) is 3.52. The van der Waals surface area contributed by atoms with Gasteiger partial charge in [0.15, 0.2) is 11.2 Å². The number of aromatic nitrogens is 1. The number of benzene rings is 1. The molecule has 0 aliphatic rings. The average molecular weight is 339 g/mol. The molecule has 2 aromatic carbocycles. The number of H-pyrrole nitrogens is 1. The van der Waals surface area contributed by atoms with Crippen LogP contribution in [-0.2, 0) is 0 Å². The van der Waals surface area contributed by atoms with Crippen molar-refractivity contribution in [2.24, 2.45) is 0 Å². The van der Waals surface area contributed by atoms with E-state index in [-0.39, 0.29) is 28.1 Å². The molecule has 7 heteroatoms.